The molecule has 0 bridgehead atoms. The Labute approximate surface area is 162 Å². The Kier molecular flexibility index (Phi) is 18.8. The molecule has 2 nitrogen and oxygen atoms in total. The average molecular weight is 420 g/mol. The molecule has 0 aromatic carbocycles. The molecule has 0 aromatic heterocycles. The van der Waals surface area contributed by atoms with Crippen molar-refractivity contribution >= 4 is 29.7 Å². The smallest absolute Gasteiger partial charge is 0.322 e. The second-order valence-corrected chi connectivity index (χ2v) is 11.9. The molecule has 0 atom stereocenters. The molecule has 0 aromatic rings. The van der Waals surface area contributed by atoms with Crippen LogP contribution in [0.4, 0.5) is 0 Å². The van der Waals surface area contributed by atoms with Gasteiger partial charge >= 0.3 is 19.5 Å². The molecule has 22 heavy (non-hydrogen) atoms. The number of hydrogen-bond donors (Lipinski definition) is 1. The van der Waals surface area contributed by atoms with Crippen LogP contribution in [-0.4, -0.2) is 13.2 Å². The van der Waals surface area contributed by atoms with Crippen LogP contribution in [0, 0.1) is 11.8 Å². The van der Waals surface area contributed by atoms with E-state index in [-0.39, 0.29) is 19.5 Å². The zero-order chi connectivity index (χ0) is 16.1. The fraction of sp³-hybridized carbons (Fsp3) is 1.00. The normalized spacial score (nSPS) is 12.0. The van der Waals surface area contributed by atoms with E-state index in [1.54, 1.807) is 0 Å². The van der Waals surface area contributed by atoms with Gasteiger partial charge in [-0.3, -0.25) is 0 Å². The van der Waals surface area contributed by atoms with E-state index in [9.17, 15) is 0 Å². The molecule has 0 aliphatic rings. The van der Waals surface area contributed by atoms with Gasteiger partial charge < -0.3 is 9.05 Å². The third-order valence-electron chi connectivity index (χ3n) is 3.36. The Bertz CT molecular complexity index is 265. The summed E-state index contributed by atoms with van der Waals surface area (Å²) >= 11 is 9.70. The van der Waals surface area contributed by atoms with Gasteiger partial charge in [-0.05, 0) is 36.5 Å². The summed E-state index contributed by atoms with van der Waals surface area (Å²) in [7, 11) is 0. The van der Waals surface area contributed by atoms with Crippen molar-refractivity contribution in [3.8, 4) is 0 Å². The van der Waals surface area contributed by atoms with Crippen LogP contribution in [-0.2, 0) is 40.3 Å². The Morgan fingerprint density at radius 1 is 0.773 bits per heavy atom. The maximum absolute atomic E-state index is 5.65. The summed E-state index contributed by atoms with van der Waals surface area (Å²) in [5, 5.41) is 0. The van der Waals surface area contributed by atoms with Gasteiger partial charge in [-0.25, -0.2) is 0 Å². The SMILES string of the molecule is CC(C)CCCCCOP(=S)(S)OCCCCCC(C)C.[Zn+2]. The van der Waals surface area contributed by atoms with Crippen LogP contribution in [0.1, 0.15) is 79.1 Å². The van der Waals surface area contributed by atoms with E-state index in [0.717, 1.165) is 24.7 Å². The monoisotopic (exact) mass is 418 g/mol. The quantitative estimate of drug-likeness (QED) is 0.148. The van der Waals surface area contributed by atoms with Crippen molar-refractivity contribution < 1.29 is 28.5 Å². The first-order valence-electron chi connectivity index (χ1n) is 8.45. The Balaban J connectivity index is 0. The zero-order valence-electron chi connectivity index (χ0n) is 15.1. The predicted molar refractivity (Wildman–Crippen MR) is 102 cm³/mol. The van der Waals surface area contributed by atoms with E-state index in [4.69, 9.17) is 20.9 Å². The van der Waals surface area contributed by atoms with Gasteiger partial charge in [0, 0.05) is 0 Å². The molecule has 0 N–H and O–H groups in total. The molecule has 0 spiro atoms. The topological polar surface area (TPSA) is 18.5 Å². The van der Waals surface area contributed by atoms with Gasteiger partial charge in [-0.1, -0.05) is 78.5 Å². The van der Waals surface area contributed by atoms with Crippen molar-refractivity contribution in [2.24, 2.45) is 11.8 Å². The molecule has 0 unspecified atom stereocenters. The minimum atomic E-state index is -2.30. The number of rotatable bonds is 14. The van der Waals surface area contributed by atoms with Gasteiger partial charge in [0.15, 0.2) is 0 Å². The molecule has 0 fully saturated rings. The largest absolute Gasteiger partial charge is 2.00 e. The van der Waals surface area contributed by atoms with Crippen molar-refractivity contribution in [1.82, 2.24) is 0 Å². The van der Waals surface area contributed by atoms with Gasteiger partial charge in [0.25, 0.3) is 0 Å². The summed E-state index contributed by atoms with van der Waals surface area (Å²) < 4.78 is 11.3. The van der Waals surface area contributed by atoms with E-state index in [0.29, 0.717) is 13.2 Å². The molecule has 0 saturated carbocycles. The Morgan fingerprint density at radius 3 is 1.45 bits per heavy atom. The van der Waals surface area contributed by atoms with Crippen molar-refractivity contribution in [3.05, 3.63) is 0 Å². The zero-order valence-corrected chi connectivity index (χ0v) is 20.6. The Hall–Kier alpha value is 1.54. The first kappa shape index (κ1) is 25.8. The summed E-state index contributed by atoms with van der Waals surface area (Å²) in [5.74, 6) is 1.58. The molecule has 0 rings (SSSR count). The van der Waals surface area contributed by atoms with E-state index in [2.05, 4.69) is 39.9 Å². The van der Waals surface area contributed by atoms with Crippen LogP contribution < -0.4 is 0 Å². The molecule has 0 amide bonds. The maximum Gasteiger partial charge on any atom is 2.00 e. The second-order valence-electron chi connectivity index (χ2n) is 6.62. The molecule has 0 radical (unpaired) electrons. The van der Waals surface area contributed by atoms with Crippen LogP contribution in [0.3, 0.4) is 0 Å². The van der Waals surface area contributed by atoms with E-state index >= 15 is 0 Å². The fourth-order valence-corrected chi connectivity index (χ4v) is 3.79. The van der Waals surface area contributed by atoms with Crippen molar-refractivity contribution in [1.29, 1.82) is 0 Å². The molecule has 128 valence electrons. The van der Waals surface area contributed by atoms with Gasteiger partial charge in [0.05, 0.1) is 13.2 Å². The van der Waals surface area contributed by atoms with E-state index < -0.39 is 5.69 Å². The van der Waals surface area contributed by atoms with Crippen LogP contribution in [0.5, 0.6) is 0 Å². The minimum Gasteiger partial charge on any atom is -0.322 e. The molecular formula is C16H35O2PS2Zn+2. The average Bonchev–Trinajstić information content (AvgIpc) is 2.37. The van der Waals surface area contributed by atoms with E-state index in [1.165, 1.54) is 38.5 Å². The fourth-order valence-electron chi connectivity index (χ4n) is 2.06. The van der Waals surface area contributed by atoms with Crippen LogP contribution in [0.15, 0.2) is 0 Å². The molecule has 0 saturated heterocycles. The first-order valence-corrected chi connectivity index (χ1v) is 12.2. The van der Waals surface area contributed by atoms with Crippen molar-refractivity contribution in [2.75, 3.05) is 13.2 Å². The maximum atomic E-state index is 5.65. The molecule has 0 aliphatic heterocycles. The Morgan fingerprint density at radius 2 is 1.14 bits per heavy atom. The first-order chi connectivity index (χ1) is 9.83. The number of unbranched alkanes of at least 4 members (excludes halogenated alkanes) is 4. The second kappa shape index (κ2) is 16.0. The summed E-state index contributed by atoms with van der Waals surface area (Å²) in [6.07, 6.45) is 9.66. The van der Waals surface area contributed by atoms with Gasteiger partial charge in [-0.2, -0.15) is 0 Å². The molecule has 0 aliphatic carbocycles. The number of thiol groups is 1. The summed E-state index contributed by atoms with van der Waals surface area (Å²) in [5.41, 5.74) is -2.30. The van der Waals surface area contributed by atoms with Crippen molar-refractivity contribution in [3.63, 3.8) is 0 Å². The third kappa shape index (κ3) is 19.6. The number of hydrogen-bond acceptors (Lipinski definition) is 3. The van der Waals surface area contributed by atoms with E-state index in [1.807, 2.05) is 0 Å². The van der Waals surface area contributed by atoms with Crippen LogP contribution in [0.2, 0.25) is 0 Å². The van der Waals surface area contributed by atoms with Crippen LogP contribution >= 0.6 is 17.9 Å². The predicted octanol–water partition coefficient (Wildman–Crippen LogP) is 6.60. The third-order valence-corrected chi connectivity index (χ3v) is 5.70. The molecular weight excluding hydrogens is 385 g/mol. The van der Waals surface area contributed by atoms with Gasteiger partial charge in [0.2, 0.25) is 5.69 Å². The molecule has 0 heterocycles. The van der Waals surface area contributed by atoms with Crippen LogP contribution in [0.25, 0.3) is 0 Å². The van der Waals surface area contributed by atoms with Gasteiger partial charge in [-0.15, -0.1) is 0 Å². The summed E-state index contributed by atoms with van der Waals surface area (Å²) in [6, 6.07) is 0. The summed E-state index contributed by atoms with van der Waals surface area (Å²) in [4.78, 5) is 0. The van der Waals surface area contributed by atoms with Crippen molar-refractivity contribution in [2.45, 2.75) is 79.1 Å². The van der Waals surface area contributed by atoms with Gasteiger partial charge in [0.1, 0.15) is 0 Å². The summed E-state index contributed by atoms with van der Waals surface area (Å²) in [6.45, 7) is 10.4. The molecule has 6 heteroatoms. The standard InChI is InChI=1S/C16H35O2PS2.Zn/c1-15(2)11-7-5-9-13-17-19(20,21)18-14-10-6-8-12-16(3)4;/h15-16H,5-14H2,1-4H3,(H,20,21);/q;+2. The minimum absolute atomic E-state index is 0.